The Bertz CT molecular complexity index is 1450. The van der Waals surface area contributed by atoms with Gasteiger partial charge < -0.3 is 9.42 Å². The molecule has 2 aromatic carbocycles. The lowest BCUT2D eigenvalue weighted by molar-refractivity contribution is -0.123. The number of nitrogens with zero attached hydrogens (tertiary/aromatic N) is 3. The molecule has 8 heteroatoms. The number of carbonyl (C=O) groups is 1. The largest absolute Gasteiger partial charge is 0.356 e. The molecule has 0 radical (unpaired) electrons. The Hall–Kier alpha value is -3.62. The van der Waals surface area contributed by atoms with Crippen molar-refractivity contribution in [2.24, 2.45) is 0 Å². The quantitative estimate of drug-likeness (QED) is 0.320. The Morgan fingerprint density at radius 1 is 1.05 bits per heavy atom. The predicted molar refractivity (Wildman–Crippen MR) is 149 cm³/mol. The standard InChI is InChI=1S/C29H32N4O3S/c1-29(2,3)37(35)32-25(19-21-12-10-11-20(30-21)17-18-27(34)33(4)5)22-13-6-7-14-23(22)28-24-15-8-9-16-26(24)36-31-28/h6-18,25,32H,19H2,1-5H3/b18-17+/t25-,37-/m0/s1. The highest BCUT2D eigenvalue weighted by molar-refractivity contribution is 7.84. The molecule has 0 saturated carbocycles. The van der Waals surface area contributed by atoms with Gasteiger partial charge in [0.25, 0.3) is 0 Å². The molecule has 4 aromatic rings. The van der Waals surface area contributed by atoms with E-state index in [-0.39, 0.29) is 11.9 Å². The fraction of sp³-hybridized carbons (Fsp3) is 0.276. The maximum atomic E-state index is 13.2. The maximum absolute atomic E-state index is 13.2. The number of fused-ring (bicyclic) bond motifs is 1. The summed E-state index contributed by atoms with van der Waals surface area (Å²) in [5.41, 5.74) is 4.80. The van der Waals surface area contributed by atoms with E-state index in [4.69, 9.17) is 9.51 Å². The zero-order chi connectivity index (χ0) is 26.6. The normalized spacial score (nSPS) is 13.6. The van der Waals surface area contributed by atoms with Gasteiger partial charge in [-0.3, -0.25) is 9.78 Å². The summed E-state index contributed by atoms with van der Waals surface area (Å²) < 4.78 is 21.7. The number of hydrogen-bond acceptors (Lipinski definition) is 5. The summed E-state index contributed by atoms with van der Waals surface area (Å²) >= 11 is 0. The Labute approximate surface area is 220 Å². The second-order valence-electron chi connectivity index (χ2n) is 9.99. The van der Waals surface area contributed by atoms with Gasteiger partial charge >= 0.3 is 0 Å². The molecule has 0 unspecified atom stereocenters. The topological polar surface area (TPSA) is 88.3 Å². The van der Waals surface area contributed by atoms with Crippen molar-refractivity contribution < 1.29 is 13.5 Å². The second kappa shape index (κ2) is 11.2. The second-order valence-corrected chi connectivity index (χ2v) is 12.0. The van der Waals surface area contributed by atoms with Gasteiger partial charge in [-0.15, -0.1) is 0 Å². The summed E-state index contributed by atoms with van der Waals surface area (Å²) in [5.74, 6) is -0.110. The van der Waals surface area contributed by atoms with E-state index in [0.717, 1.165) is 27.9 Å². The third-order valence-electron chi connectivity index (χ3n) is 5.85. The van der Waals surface area contributed by atoms with Crippen LogP contribution in [-0.2, 0) is 22.2 Å². The fourth-order valence-electron chi connectivity index (χ4n) is 3.84. The molecule has 2 heterocycles. The molecule has 7 nitrogen and oxygen atoms in total. The summed E-state index contributed by atoms with van der Waals surface area (Å²) in [7, 11) is 2.08. The van der Waals surface area contributed by atoms with Crippen LogP contribution >= 0.6 is 0 Å². The van der Waals surface area contributed by atoms with Crippen molar-refractivity contribution in [3.63, 3.8) is 0 Å². The predicted octanol–water partition coefficient (Wildman–Crippen LogP) is 5.33. The molecule has 37 heavy (non-hydrogen) atoms. The first kappa shape index (κ1) is 26.4. The summed E-state index contributed by atoms with van der Waals surface area (Å²) in [5, 5.41) is 5.29. The van der Waals surface area contributed by atoms with Gasteiger partial charge in [0.1, 0.15) is 5.69 Å². The minimum atomic E-state index is -1.33. The average Bonchev–Trinajstić information content (AvgIpc) is 3.30. The van der Waals surface area contributed by atoms with Crippen LogP contribution in [0.4, 0.5) is 0 Å². The molecule has 1 amide bonds. The molecule has 0 saturated heterocycles. The minimum absolute atomic E-state index is 0.110. The van der Waals surface area contributed by atoms with Crippen LogP contribution in [0, 0.1) is 0 Å². The van der Waals surface area contributed by atoms with E-state index >= 15 is 0 Å². The highest BCUT2D eigenvalue weighted by Crippen LogP contribution is 2.34. The van der Waals surface area contributed by atoms with Crippen LogP contribution < -0.4 is 4.72 Å². The Morgan fingerprint density at radius 2 is 1.78 bits per heavy atom. The number of para-hydroxylation sites is 1. The number of rotatable bonds is 8. The van der Waals surface area contributed by atoms with Crippen LogP contribution in [0.1, 0.15) is 43.8 Å². The molecule has 0 aliphatic rings. The van der Waals surface area contributed by atoms with Crippen molar-refractivity contribution >= 4 is 33.9 Å². The van der Waals surface area contributed by atoms with Gasteiger partial charge in [-0.05, 0) is 56.7 Å². The molecule has 0 aliphatic heterocycles. The van der Waals surface area contributed by atoms with Crippen LogP contribution in [0.3, 0.4) is 0 Å². The molecular formula is C29H32N4O3S. The Balaban J connectivity index is 1.73. The van der Waals surface area contributed by atoms with Crippen molar-refractivity contribution in [3.8, 4) is 11.3 Å². The zero-order valence-electron chi connectivity index (χ0n) is 21.8. The number of hydrogen-bond donors (Lipinski definition) is 1. The lowest BCUT2D eigenvalue weighted by Crippen LogP contribution is -2.36. The van der Waals surface area contributed by atoms with Gasteiger partial charge in [0.05, 0.1) is 27.5 Å². The number of carbonyl (C=O) groups excluding carboxylic acids is 1. The van der Waals surface area contributed by atoms with Crippen molar-refractivity contribution in [2.75, 3.05) is 14.1 Å². The number of pyridine rings is 1. The average molecular weight is 517 g/mol. The molecule has 4 rings (SSSR count). The zero-order valence-corrected chi connectivity index (χ0v) is 22.6. The summed E-state index contributed by atoms with van der Waals surface area (Å²) in [4.78, 5) is 18.2. The molecule has 2 aromatic heterocycles. The number of amides is 1. The monoisotopic (exact) mass is 516 g/mol. The van der Waals surface area contributed by atoms with E-state index in [1.807, 2.05) is 87.5 Å². The molecule has 0 fully saturated rings. The first-order valence-corrected chi connectivity index (χ1v) is 13.3. The van der Waals surface area contributed by atoms with Crippen LogP contribution in [-0.4, -0.2) is 44.0 Å². The van der Waals surface area contributed by atoms with Crippen molar-refractivity contribution in [3.05, 3.63) is 89.8 Å². The van der Waals surface area contributed by atoms with E-state index < -0.39 is 15.7 Å². The first-order valence-electron chi connectivity index (χ1n) is 12.1. The highest BCUT2D eigenvalue weighted by Gasteiger charge is 2.27. The van der Waals surface area contributed by atoms with E-state index in [1.165, 1.54) is 11.0 Å². The van der Waals surface area contributed by atoms with Gasteiger partial charge in [0, 0.05) is 43.2 Å². The Morgan fingerprint density at radius 3 is 2.54 bits per heavy atom. The highest BCUT2D eigenvalue weighted by atomic mass is 32.2. The third-order valence-corrected chi connectivity index (χ3v) is 7.46. The van der Waals surface area contributed by atoms with Crippen LogP contribution in [0.15, 0.2) is 77.3 Å². The molecule has 0 spiro atoms. The van der Waals surface area contributed by atoms with Gasteiger partial charge in [-0.2, -0.15) is 0 Å². The third kappa shape index (κ3) is 6.39. The summed E-state index contributed by atoms with van der Waals surface area (Å²) in [6, 6.07) is 21.1. The number of nitrogens with one attached hydrogen (secondary N) is 1. The van der Waals surface area contributed by atoms with Gasteiger partial charge in [0.2, 0.25) is 5.91 Å². The number of aromatic nitrogens is 2. The number of benzene rings is 2. The maximum Gasteiger partial charge on any atom is 0.246 e. The minimum Gasteiger partial charge on any atom is -0.356 e. The Kier molecular flexibility index (Phi) is 8.00. The smallest absolute Gasteiger partial charge is 0.246 e. The van der Waals surface area contributed by atoms with Crippen LogP contribution in [0.25, 0.3) is 28.3 Å². The molecular weight excluding hydrogens is 484 g/mol. The van der Waals surface area contributed by atoms with Gasteiger partial charge in [0.15, 0.2) is 5.58 Å². The first-order chi connectivity index (χ1) is 17.6. The van der Waals surface area contributed by atoms with Crippen LogP contribution in [0.5, 0.6) is 0 Å². The summed E-state index contributed by atoms with van der Waals surface area (Å²) in [6.45, 7) is 5.82. The lowest BCUT2D eigenvalue weighted by Gasteiger charge is -2.26. The SMILES string of the molecule is CN(C)C(=O)/C=C/c1cccc(C[C@H](N[S@@](=O)C(C)(C)C)c2ccccc2-c2noc3ccccc23)n1. The lowest BCUT2D eigenvalue weighted by atomic mass is 9.94. The van der Waals surface area contributed by atoms with E-state index in [9.17, 15) is 9.00 Å². The van der Waals surface area contributed by atoms with Gasteiger partial charge in [-0.25, -0.2) is 8.93 Å². The van der Waals surface area contributed by atoms with E-state index in [1.54, 1.807) is 20.2 Å². The van der Waals surface area contributed by atoms with Crippen molar-refractivity contribution in [1.82, 2.24) is 19.8 Å². The molecule has 1 N–H and O–H groups in total. The number of likely N-dealkylation sites (N-methyl/N-ethyl adjacent to an activating group) is 1. The van der Waals surface area contributed by atoms with Crippen molar-refractivity contribution in [1.29, 1.82) is 0 Å². The molecule has 0 bridgehead atoms. The van der Waals surface area contributed by atoms with E-state index in [2.05, 4.69) is 9.88 Å². The summed E-state index contributed by atoms with van der Waals surface area (Å²) in [6.07, 6.45) is 3.69. The molecule has 0 aliphatic carbocycles. The fourth-order valence-corrected chi connectivity index (χ4v) is 4.66. The van der Waals surface area contributed by atoms with Crippen molar-refractivity contribution in [2.45, 2.75) is 38.0 Å². The molecule has 2 atom stereocenters. The van der Waals surface area contributed by atoms with E-state index in [0.29, 0.717) is 17.7 Å². The molecule has 192 valence electrons. The van der Waals surface area contributed by atoms with Crippen LogP contribution in [0.2, 0.25) is 0 Å². The van der Waals surface area contributed by atoms with Gasteiger partial charge in [-0.1, -0.05) is 47.6 Å².